The number of benzene rings is 1. The topological polar surface area (TPSA) is 88.1 Å². The fraction of sp³-hybridized carbons (Fsp3) is 0.556. The van der Waals surface area contributed by atoms with Gasteiger partial charge in [0.2, 0.25) is 0 Å². The number of nitrogens with one attached hydrogen (secondary N) is 1. The highest BCUT2D eigenvalue weighted by atomic mass is 16.5. The maximum Gasteiger partial charge on any atom is 0.329 e. The molecule has 2 aliphatic heterocycles. The highest BCUT2D eigenvalue weighted by Crippen LogP contribution is 2.27. The lowest BCUT2D eigenvalue weighted by Crippen LogP contribution is -2.65. The maximum absolute atomic E-state index is 12.4. The van der Waals surface area contributed by atoms with Gasteiger partial charge in [0.1, 0.15) is 17.4 Å². The summed E-state index contributed by atoms with van der Waals surface area (Å²) in [5, 5.41) is 12.2. The van der Waals surface area contributed by atoms with Crippen LogP contribution in [0.3, 0.4) is 0 Å². The fourth-order valence-corrected chi connectivity index (χ4v) is 3.23. The van der Waals surface area contributed by atoms with Gasteiger partial charge in [-0.2, -0.15) is 0 Å². The molecule has 1 aromatic rings. The van der Waals surface area contributed by atoms with Crippen molar-refractivity contribution in [2.45, 2.75) is 38.3 Å². The van der Waals surface area contributed by atoms with Crippen molar-refractivity contribution < 1.29 is 24.2 Å². The standard InChI is InChI=1S/C18H24N2O5/c1-12-4-3-5-13(2)15(12)25-14-10-20(11-14)17(23)19-18(16(21)22)6-8-24-9-7-18/h3-5,14H,6-11H2,1-2H3,(H,19,23)(H,21,22). The van der Waals surface area contributed by atoms with Crippen molar-refractivity contribution in [3.8, 4) is 5.75 Å². The quantitative estimate of drug-likeness (QED) is 0.865. The summed E-state index contributed by atoms with van der Waals surface area (Å²) in [5.41, 5.74) is 0.901. The Balaban J connectivity index is 1.55. The molecule has 2 aliphatic rings. The molecule has 2 saturated heterocycles. The molecule has 7 nitrogen and oxygen atoms in total. The number of rotatable bonds is 4. The average Bonchev–Trinajstić information content (AvgIpc) is 2.53. The number of carboxylic acid groups (broad SMARTS) is 1. The van der Waals surface area contributed by atoms with Gasteiger partial charge in [-0.05, 0) is 25.0 Å². The predicted molar refractivity (Wildman–Crippen MR) is 90.9 cm³/mol. The van der Waals surface area contributed by atoms with Gasteiger partial charge in [-0.25, -0.2) is 9.59 Å². The maximum atomic E-state index is 12.4. The molecular formula is C18H24N2O5. The van der Waals surface area contributed by atoms with E-state index >= 15 is 0 Å². The Bertz CT molecular complexity index is 643. The van der Waals surface area contributed by atoms with Crippen LogP contribution in [-0.2, 0) is 9.53 Å². The van der Waals surface area contributed by atoms with Gasteiger partial charge in [0.05, 0.1) is 13.1 Å². The first-order valence-corrected chi connectivity index (χ1v) is 8.52. The van der Waals surface area contributed by atoms with Crippen LogP contribution in [0.4, 0.5) is 4.79 Å². The van der Waals surface area contributed by atoms with Crippen LogP contribution in [0.2, 0.25) is 0 Å². The molecule has 0 aromatic heterocycles. The van der Waals surface area contributed by atoms with E-state index in [0.29, 0.717) is 26.3 Å². The molecular weight excluding hydrogens is 324 g/mol. The molecule has 3 rings (SSSR count). The first-order chi connectivity index (χ1) is 11.9. The Kier molecular flexibility index (Phi) is 4.85. The van der Waals surface area contributed by atoms with Gasteiger partial charge in [0.15, 0.2) is 0 Å². The Labute approximate surface area is 146 Å². The number of hydrogen-bond acceptors (Lipinski definition) is 4. The molecule has 0 radical (unpaired) electrons. The van der Waals surface area contributed by atoms with Crippen LogP contribution in [-0.4, -0.2) is 60.0 Å². The Hall–Kier alpha value is -2.28. The Morgan fingerprint density at radius 1 is 1.24 bits per heavy atom. The van der Waals surface area contributed by atoms with E-state index in [2.05, 4.69) is 5.32 Å². The van der Waals surface area contributed by atoms with Crippen molar-refractivity contribution in [1.82, 2.24) is 10.2 Å². The molecule has 2 N–H and O–H groups in total. The number of carbonyl (C=O) groups is 2. The fourth-order valence-electron chi connectivity index (χ4n) is 3.23. The van der Waals surface area contributed by atoms with Gasteiger partial charge in [-0.3, -0.25) is 0 Å². The minimum Gasteiger partial charge on any atom is -0.486 e. The monoisotopic (exact) mass is 348 g/mol. The van der Waals surface area contributed by atoms with Crippen LogP contribution in [0.25, 0.3) is 0 Å². The third-order valence-corrected chi connectivity index (χ3v) is 4.93. The lowest BCUT2D eigenvalue weighted by atomic mass is 9.90. The van der Waals surface area contributed by atoms with Gasteiger partial charge in [-0.15, -0.1) is 0 Å². The number of amides is 2. The summed E-state index contributed by atoms with van der Waals surface area (Å²) >= 11 is 0. The summed E-state index contributed by atoms with van der Waals surface area (Å²) in [6.07, 6.45) is 0.495. The summed E-state index contributed by atoms with van der Waals surface area (Å²) in [7, 11) is 0. The Morgan fingerprint density at radius 3 is 2.40 bits per heavy atom. The van der Waals surface area contributed by atoms with Crippen LogP contribution in [0.15, 0.2) is 18.2 Å². The molecule has 0 unspecified atom stereocenters. The van der Waals surface area contributed by atoms with Gasteiger partial charge in [0.25, 0.3) is 0 Å². The van der Waals surface area contributed by atoms with Gasteiger partial charge in [0, 0.05) is 26.1 Å². The number of nitrogens with zero attached hydrogens (tertiary/aromatic N) is 1. The predicted octanol–water partition coefficient (Wildman–Crippen LogP) is 1.71. The van der Waals surface area contributed by atoms with Crippen LogP contribution in [0.1, 0.15) is 24.0 Å². The second kappa shape index (κ2) is 6.92. The first kappa shape index (κ1) is 17.5. The van der Waals surface area contributed by atoms with E-state index in [1.54, 1.807) is 4.90 Å². The number of ether oxygens (including phenoxy) is 2. The summed E-state index contributed by atoms with van der Waals surface area (Å²) in [5.74, 6) is -0.146. The molecule has 0 aliphatic carbocycles. The number of para-hydroxylation sites is 1. The molecule has 7 heteroatoms. The van der Waals surface area contributed by atoms with Crippen molar-refractivity contribution in [3.05, 3.63) is 29.3 Å². The molecule has 2 fully saturated rings. The first-order valence-electron chi connectivity index (χ1n) is 8.52. The van der Waals surface area contributed by atoms with Gasteiger partial charge < -0.3 is 24.8 Å². The normalized spacial score (nSPS) is 19.8. The van der Waals surface area contributed by atoms with Crippen molar-refractivity contribution in [2.75, 3.05) is 26.3 Å². The smallest absolute Gasteiger partial charge is 0.329 e. The van der Waals surface area contributed by atoms with Crippen LogP contribution >= 0.6 is 0 Å². The average molecular weight is 348 g/mol. The van der Waals surface area contributed by atoms with E-state index in [-0.39, 0.29) is 25.0 Å². The molecule has 0 spiro atoms. The zero-order valence-electron chi connectivity index (χ0n) is 14.6. The van der Waals surface area contributed by atoms with Crippen molar-refractivity contribution in [2.24, 2.45) is 0 Å². The minimum atomic E-state index is -1.23. The molecule has 136 valence electrons. The molecule has 2 heterocycles. The van der Waals surface area contributed by atoms with Crippen LogP contribution in [0.5, 0.6) is 5.75 Å². The molecule has 0 bridgehead atoms. The van der Waals surface area contributed by atoms with E-state index in [0.717, 1.165) is 16.9 Å². The van der Waals surface area contributed by atoms with Gasteiger partial charge in [-0.1, -0.05) is 18.2 Å². The lowest BCUT2D eigenvalue weighted by Gasteiger charge is -2.42. The summed E-state index contributed by atoms with van der Waals surface area (Å²) < 4.78 is 11.2. The number of aryl methyl sites for hydroxylation is 2. The number of likely N-dealkylation sites (tertiary alicyclic amines) is 1. The van der Waals surface area contributed by atoms with Crippen molar-refractivity contribution in [1.29, 1.82) is 0 Å². The molecule has 25 heavy (non-hydrogen) atoms. The van der Waals surface area contributed by atoms with E-state index in [1.807, 2.05) is 32.0 Å². The molecule has 0 atom stereocenters. The highest BCUT2D eigenvalue weighted by molar-refractivity contribution is 5.86. The summed E-state index contributed by atoms with van der Waals surface area (Å²) in [6.45, 7) is 5.56. The third kappa shape index (κ3) is 3.56. The highest BCUT2D eigenvalue weighted by Gasteiger charge is 2.44. The van der Waals surface area contributed by atoms with Crippen molar-refractivity contribution in [3.63, 3.8) is 0 Å². The second-order valence-corrected chi connectivity index (χ2v) is 6.80. The van der Waals surface area contributed by atoms with E-state index in [9.17, 15) is 14.7 Å². The van der Waals surface area contributed by atoms with E-state index in [1.165, 1.54) is 0 Å². The summed E-state index contributed by atoms with van der Waals surface area (Å²) in [4.78, 5) is 25.6. The lowest BCUT2D eigenvalue weighted by molar-refractivity contribution is -0.148. The second-order valence-electron chi connectivity index (χ2n) is 6.80. The number of carboxylic acids is 1. The number of urea groups is 1. The molecule has 2 amide bonds. The zero-order valence-corrected chi connectivity index (χ0v) is 14.6. The van der Waals surface area contributed by atoms with E-state index < -0.39 is 11.5 Å². The zero-order chi connectivity index (χ0) is 18.0. The SMILES string of the molecule is Cc1cccc(C)c1OC1CN(C(=O)NC2(C(=O)O)CCOCC2)C1. The van der Waals surface area contributed by atoms with Crippen LogP contribution in [0, 0.1) is 13.8 Å². The van der Waals surface area contributed by atoms with Crippen LogP contribution < -0.4 is 10.1 Å². The van der Waals surface area contributed by atoms with Crippen molar-refractivity contribution >= 4 is 12.0 Å². The molecule has 0 saturated carbocycles. The van der Waals surface area contributed by atoms with E-state index in [4.69, 9.17) is 9.47 Å². The number of hydrogen-bond donors (Lipinski definition) is 2. The van der Waals surface area contributed by atoms with Gasteiger partial charge >= 0.3 is 12.0 Å². The summed E-state index contributed by atoms with van der Waals surface area (Å²) in [6, 6.07) is 5.61. The third-order valence-electron chi connectivity index (χ3n) is 4.93. The Morgan fingerprint density at radius 2 is 1.84 bits per heavy atom. The minimum absolute atomic E-state index is 0.0685. The number of aliphatic carboxylic acids is 1. The largest absolute Gasteiger partial charge is 0.486 e. The number of carbonyl (C=O) groups excluding carboxylic acids is 1. The molecule has 1 aromatic carbocycles.